The lowest BCUT2D eigenvalue weighted by Crippen LogP contribution is -2.45. The molecule has 0 saturated heterocycles. The van der Waals surface area contributed by atoms with E-state index in [1.807, 2.05) is 24.3 Å². The molecule has 0 radical (unpaired) electrons. The summed E-state index contributed by atoms with van der Waals surface area (Å²) in [6.45, 7) is 4.05. The van der Waals surface area contributed by atoms with Crippen LogP contribution in [0.4, 0.5) is 0 Å². The van der Waals surface area contributed by atoms with E-state index in [9.17, 15) is 13.2 Å². The molecule has 29 heavy (non-hydrogen) atoms. The third-order valence-electron chi connectivity index (χ3n) is 4.77. The molecule has 1 atom stereocenters. The first-order valence-electron chi connectivity index (χ1n) is 9.63. The molecular formula is C21H26N2O4S2. The van der Waals surface area contributed by atoms with Gasteiger partial charge in [-0.15, -0.1) is 11.3 Å². The van der Waals surface area contributed by atoms with E-state index in [2.05, 4.69) is 11.6 Å². The van der Waals surface area contributed by atoms with Gasteiger partial charge in [0.2, 0.25) is 5.91 Å². The van der Waals surface area contributed by atoms with Crippen LogP contribution in [0, 0.1) is 0 Å². The Morgan fingerprint density at radius 1 is 1.24 bits per heavy atom. The van der Waals surface area contributed by atoms with Crippen molar-refractivity contribution in [3.8, 4) is 0 Å². The van der Waals surface area contributed by atoms with Crippen LogP contribution in [0.15, 0.2) is 50.4 Å². The number of hydrogen-bond acceptors (Lipinski definition) is 5. The van der Waals surface area contributed by atoms with Crippen LogP contribution >= 0.6 is 11.3 Å². The summed E-state index contributed by atoms with van der Waals surface area (Å²) >= 11 is 1.12. The fourth-order valence-electron chi connectivity index (χ4n) is 3.27. The Labute approximate surface area is 175 Å². The molecule has 0 aliphatic heterocycles. The Morgan fingerprint density at radius 2 is 2.00 bits per heavy atom. The molecule has 1 aromatic carbocycles. The Morgan fingerprint density at radius 3 is 2.69 bits per heavy atom. The molecule has 2 heterocycles. The molecule has 1 unspecified atom stereocenters. The summed E-state index contributed by atoms with van der Waals surface area (Å²) in [4.78, 5) is 14.4. The monoisotopic (exact) mass is 434 g/mol. The molecule has 156 valence electrons. The van der Waals surface area contributed by atoms with Gasteiger partial charge >= 0.3 is 0 Å². The number of unbranched alkanes of at least 4 members (excludes halogenated alkanes) is 1. The Balaban J connectivity index is 1.77. The van der Waals surface area contributed by atoms with Gasteiger partial charge in [0.25, 0.3) is 10.0 Å². The minimum atomic E-state index is -3.71. The first-order chi connectivity index (χ1) is 13.8. The Kier molecular flexibility index (Phi) is 6.77. The number of fused-ring (bicyclic) bond motifs is 1. The molecule has 3 rings (SSSR count). The highest BCUT2D eigenvalue weighted by molar-refractivity contribution is 7.91. The number of furan rings is 1. The summed E-state index contributed by atoms with van der Waals surface area (Å²) in [5.74, 6) is 0.594. The molecule has 0 aliphatic rings. The minimum Gasteiger partial charge on any atom is -0.461 e. The van der Waals surface area contributed by atoms with Crippen molar-refractivity contribution in [2.75, 3.05) is 7.05 Å². The van der Waals surface area contributed by atoms with Crippen molar-refractivity contribution in [3.05, 3.63) is 53.1 Å². The second-order valence-electron chi connectivity index (χ2n) is 7.07. The number of carbonyl (C=O) groups is 1. The SMILES string of the molecule is CCCCc1oc2ccccc2c1CN(C)C(=O)C(C)NS(=O)(=O)c1cccs1. The number of nitrogens with zero attached hydrogens (tertiary/aromatic N) is 1. The molecule has 0 saturated carbocycles. The fraction of sp³-hybridized carbons (Fsp3) is 0.381. The first kappa shape index (κ1) is 21.5. The second-order valence-corrected chi connectivity index (χ2v) is 9.96. The molecule has 0 fully saturated rings. The van der Waals surface area contributed by atoms with E-state index in [0.717, 1.165) is 52.9 Å². The number of thiophene rings is 1. The van der Waals surface area contributed by atoms with Gasteiger partial charge in [0, 0.05) is 31.0 Å². The maximum absolute atomic E-state index is 12.8. The van der Waals surface area contributed by atoms with Crippen LogP contribution in [0.3, 0.4) is 0 Å². The molecule has 0 aliphatic carbocycles. The molecular weight excluding hydrogens is 408 g/mol. The number of nitrogens with one attached hydrogen (secondary N) is 1. The number of likely N-dealkylation sites (N-methyl/N-ethyl adjacent to an activating group) is 1. The van der Waals surface area contributed by atoms with Gasteiger partial charge in [-0.25, -0.2) is 8.42 Å². The average Bonchev–Trinajstić information content (AvgIpc) is 3.34. The Bertz CT molecular complexity index is 1070. The number of hydrogen-bond donors (Lipinski definition) is 1. The second kappa shape index (κ2) is 9.11. The van der Waals surface area contributed by atoms with Gasteiger partial charge in [-0.1, -0.05) is 37.6 Å². The van der Waals surface area contributed by atoms with Crippen LogP contribution in [-0.2, 0) is 27.8 Å². The molecule has 1 N–H and O–H groups in total. The molecule has 6 nitrogen and oxygen atoms in total. The molecule has 3 aromatic rings. The third-order valence-corrected chi connectivity index (χ3v) is 7.71. The highest BCUT2D eigenvalue weighted by Crippen LogP contribution is 2.28. The van der Waals surface area contributed by atoms with Gasteiger partial charge in [-0.05, 0) is 30.9 Å². The van der Waals surface area contributed by atoms with Crippen LogP contribution < -0.4 is 4.72 Å². The summed E-state index contributed by atoms with van der Waals surface area (Å²) in [6, 6.07) is 10.1. The molecule has 8 heteroatoms. The van der Waals surface area contributed by atoms with Crippen molar-refractivity contribution >= 4 is 38.2 Å². The van der Waals surface area contributed by atoms with Crippen molar-refractivity contribution < 1.29 is 17.6 Å². The fourth-order valence-corrected chi connectivity index (χ4v) is 5.47. The van der Waals surface area contributed by atoms with Crippen molar-refractivity contribution in [1.82, 2.24) is 9.62 Å². The lowest BCUT2D eigenvalue weighted by molar-refractivity contribution is -0.131. The van der Waals surface area contributed by atoms with Crippen LogP contribution in [0.25, 0.3) is 11.0 Å². The topological polar surface area (TPSA) is 79.6 Å². The number of amides is 1. The Hall–Kier alpha value is -2.16. The molecule has 0 spiro atoms. The lowest BCUT2D eigenvalue weighted by Gasteiger charge is -2.22. The highest BCUT2D eigenvalue weighted by atomic mass is 32.2. The maximum atomic E-state index is 12.8. The normalized spacial score (nSPS) is 12.9. The van der Waals surface area contributed by atoms with E-state index in [0.29, 0.717) is 6.54 Å². The number of para-hydroxylation sites is 1. The van der Waals surface area contributed by atoms with E-state index < -0.39 is 16.1 Å². The van der Waals surface area contributed by atoms with Gasteiger partial charge in [0.1, 0.15) is 15.6 Å². The summed E-state index contributed by atoms with van der Waals surface area (Å²) in [5, 5.41) is 2.68. The smallest absolute Gasteiger partial charge is 0.250 e. The van der Waals surface area contributed by atoms with E-state index in [1.165, 1.54) is 6.07 Å². The van der Waals surface area contributed by atoms with Crippen LogP contribution in [0.1, 0.15) is 38.0 Å². The average molecular weight is 435 g/mol. The highest BCUT2D eigenvalue weighted by Gasteiger charge is 2.26. The third kappa shape index (κ3) is 4.88. The quantitative estimate of drug-likeness (QED) is 0.548. The van der Waals surface area contributed by atoms with E-state index in [4.69, 9.17) is 4.42 Å². The maximum Gasteiger partial charge on any atom is 0.250 e. The van der Waals surface area contributed by atoms with Crippen LogP contribution in [0.2, 0.25) is 0 Å². The number of rotatable bonds is 9. The number of sulfonamides is 1. The van der Waals surface area contributed by atoms with Gasteiger partial charge in [0.15, 0.2) is 0 Å². The summed E-state index contributed by atoms with van der Waals surface area (Å²) in [6.07, 6.45) is 2.86. The number of carbonyl (C=O) groups excluding carboxylic acids is 1. The van der Waals surface area contributed by atoms with Crippen molar-refractivity contribution in [1.29, 1.82) is 0 Å². The van der Waals surface area contributed by atoms with E-state index >= 15 is 0 Å². The van der Waals surface area contributed by atoms with Crippen LogP contribution in [0.5, 0.6) is 0 Å². The lowest BCUT2D eigenvalue weighted by atomic mass is 10.1. The largest absolute Gasteiger partial charge is 0.461 e. The zero-order valence-corrected chi connectivity index (χ0v) is 18.5. The predicted octanol–water partition coefficient (Wildman–Crippen LogP) is 4.16. The zero-order chi connectivity index (χ0) is 21.0. The van der Waals surface area contributed by atoms with Crippen molar-refractivity contribution in [2.45, 2.75) is 49.9 Å². The first-order valence-corrected chi connectivity index (χ1v) is 12.0. The van der Waals surface area contributed by atoms with Gasteiger partial charge in [0.05, 0.1) is 6.04 Å². The molecule has 0 bridgehead atoms. The van der Waals surface area contributed by atoms with Gasteiger partial charge in [-0.2, -0.15) is 4.72 Å². The predicted molar refractivity (Wildman–Crippen MR) is 115 cm³/mol. The van der Waals surface area contributed by atoms with E-state index in [-0.39, 0.29) is 10.1 Å². The van der Waals surface area contributed by atoms with Crippen LogP contribution in [-0.4, -0.2) is 32.3 Å². The molecule has 2 aromatic heterocycles. The standard InChI is InChI=1S/C21H26N2O4S2/c1-4-5-10-19-17(16-9-6-7-11-18(16)27-19)14-23(3)21(24)15(2)22-29(25,26)20-12-8-13-28-20/h6-9,11-13,15,22H,4-5,10,14H2,1-3H3. The minimum absolute atomic E-state index is 0.197. The van der Waals surface area contributed by atoms with Crippen molar-refractivity contribution in [2.24, 2.45) is 0 Å². The summed E-state index contributed by atoms with van der Waals surface area (Å²) in [5.41, 5.74) is 1.79. The summed E-state index contributed by atoms with van der Waals surface area (Å²) < 4.78 is 33.5. The number of benzene rings is 1. The van der Waals surface area contributed by atoms with E-state index in [1.54, 1.807) is 30.3 Å². The van der Waals surface area contributed by atoms with Gasteiger partial charge in [-0.3, -0.25) is 4.79 Å². The summed E-state index contributed by atoms with van der Waals surface area (Å²) in [7, 11) is -2.02. The molecule has 1 amide bonds. The van der Waals surface area contributed by atoms with Gasteiger partial charge < -0.3 is 9.32 Å². The van der Waals surface area contributed by atoms with Crippen molar-refractivity contribution in [3.63, 3.8) is 0 Å². The number of aryl methyl sites for hydroxylation is 1. The zero-order valence-electron chi connectivity index (χ0n) is 16.8.